The van der Waals surface area contributed by atoms with Crippen molar-refractivity contribution in [3.05, 3.63) is 23.5 Å². The zero-order chi connectivity index (χ0) is 12.3. The van der Waals surface area contributed by atoms with Crippen molar-refractivity contribution in [3.8, 4) is 0 Å². The fourth-order valence-electron chi connectivity index (χ4n) is 1.52. The second kappa shape index (κ2) is 4.96. The minimum atomic E-state index is -0.907. The lowest BCUT2D eigenvalue weighted by atomic mass is 10.1. The van der Waals surface area contributed by atoms with E-state index < -0.39 is 5.97 Å². The van der Waals surface area contributed by atoms with Gasteiger partial charge in [-0.1, -0.05) is 6.92 Å². The van der Waals surface area contributed by atoms with Crippen molar-refractivity contribution >= 4 is 11.7 Å². The number of rotatable bonds is 4. The average molecular weight is 222 g/mol. The molecule has 4 nitrogen and oxygen atoms in total. The van der Waals surface area contributed by atoms with E-state index in [-0.39, 0.29) is 0 Å². The topological polar surface area (TPSA) is 53.4 Å². The standard InChI is InChI=1S/C12H18N2O2/c1-5-9(3)14(4)11-7-13-8(2)6-10(11)12(15)16/h6-7,9H,5H2,1-4H3,(H,15,16). The van der Waals surface area contributed by atoms with E-state index in [4.69, 9.17) is 5.11 Å². The molecule has 0 spiro atoms. The normalized spacial score (nSPS) is 12.2. The Labute approximate surface area is 95.9 Å². The van der Waals surface area contributed by atoms with E-state index >= 15 is 0 Å². The third-order valence-electron chi connectivity index (χ3n) is 2.88. The van der Waals surface area contributed by atoms with Crippen LogP contribution in [0.1, 0.15) is 36.3 Å². The highest BCUT2D eigenvalue weighted by Gasteiger charge is 2.17. The summed E-state index contributed by atoms with van der Waals surface area (Å²) in [6.45, 7) is 5.92. The molecule has 0 amide bonds. The number of carboxylic acid groups (broad SMARTS) is 1. The number of nitrogens with zero attached hydrogens (tertiary/aromatic N) is 2. The zero-order valence-electron chi connectivity index (χ0n) is 10.2. The number of carbonyl (C=O) groups is 1. The summed E-state index contributed by atoms with van der Waals surface area (Å²) in [5, 5.41) is 9.14. The van der Waals surface area contributed by atoms with Gasteiger partial charge in [0.1, 0.15) is 0 Å². The van der Waals surface area contributed by atoms with Crippen LogP contribution in [0.3, 0.4) is 0 Å². The van der Waals surface area contributed by atoms with Crippen molar-refractivity contribution in [2.45, 2.75) is 33.2 Å². The van der Waals surface area contributed by atoms with Crippen molar-refractivity contribution in [2.75, 3.05) is 11.9 Å². The van der Waals surface area contributed by atoms with Gasteiger partial charge >= 0.3 is 5.97 Å². The average Bonchev–Trinajstić information content (AvgIpc) is 2.26. The molecule has 4 heteroatoms. The van der Waals surface area contributed by atoms with Crippen LogP contribution in [0.25, 0.3) is 0 Å². The largest absolute Gasteiger partial charge is 0.478 e. The first-order chi connectivity index (χ1) is 7.47. The molecule has 0 fully saturated rings. The van der Waals surface area contributed by atoms with Crippen LogP contribution in [0.4, 0.5) is 5.69 Å². The number of aryl methyl sites for hydroxylation is 1. The molecule has 0 aliphatic carbocycles. The van der Waals surface area contributed by atoms with Crippen LogP contribution in [-0.2, 0) is 0 Å². The van der Waals surface area contributed by atoms with Crippen molar-refractivity contribution in [1.82, 2.24) is 4.98 Å². The molecule has 0 aromatic carbocycles. The number of hydrogen-bond acceptors (Lipinski definition) is 3. The summed E-state index contributed by atoms with van der Waals surface area (Å²) in [6, 6.07) is 1.90. The van der Waals surface area contributed by atoms with Crippen LogP contribution in [0, 0.1) is 6.92 Å². The van der Waals surface area contributed by atoms with Gasteiger partial charge in [0, 0.05) is 18.8 Å². The maximum atomic E-state index is 11.1. The molecule has 0 radical (unpaired) electrons. The lowest BCUT2D eigenvalue weighted by molar-refractivity contribution is 0.0697. The summed E-state index contributed by atoms with van der Waals surface area (Å²) >= 11 is 0. The molecule has 0 aliphatic heterocycles. The number of anilines is 1. The predicted octanol–water partition coefficient (Wildman–Crippen LogP) is 2.32. The maximum Gasteiger partial charge on any atom is 0.337 e. The zero-order valence-corrected chi connectivity index (χ0v) is 10.2. The summed E-state index contributed by atoms with van der Waals surface area (Å²) in [5.41, 5.74) is 1.71. The molecule has 88 valence electrons. The molecule has 0 saturated heterocycles. The molecule has 1 aromatic heterocycles. The summed E-state index contributed by atoms with van der Waals surface area (Å²) in [6.07, 6.45) is 2.59. The van der Waals surface area contributed by atoms with Gasteiger partial charge in [-0.3, -0.25) is 4.98 Å². The molecule has 16 heavy (non-hydrogen) atoms. The van der Waals surface area contributed by atoms with Gasteiger partial charge in [-0.2, -0.15) is 0 Å². The van der Waals surface area contributed by atoms with E-state index in [1.807, 2.05) is 11.9 Å². The highest BCUT2D eigenvalue weighted by Crippen LogP contribution is 2.21. The Morgan fingerprint density at radius 2 is 2.25 bits per heavy atom. The monoisotopic (exact) mass is 222 g/mol. The highest BCUT2D eigenvalue weighted by molar-refractivity contribution is 5.94. The van der Waals surface area contributed by atoms with Gasteiger partial charge in [-0.25, -0.2) is 4.79 Å². The molecule has 1 heterocycles. The van der Waals surface area contributed by atoms with Gasteiger partial charge in [-0.15, -0.1) is 0 Å². The van der Waals surface area contributed by atoms with Crippen LogP contribution >= 0.6 is 0 Å². The maximum absolute atomic E-state index is 11.1. The lowest BCUT2D eigenvalue weighted by Crippen LogP contribution is -2.29. The number of aromatic nitrogens is 1. The van der Waals surface area contributed by atoms with Gasteiger partial charge in [0.15, 0.2) is 0 Å². The molecule has 1 unspecified atom stereocenters. The van der Waals surface area contributed by atoms with E-state index in [9.17, 15) is 4.79 Å². The number of pyridine rings is 1. The van der Waals surface area contributed by atoms with Crippen molar-refractivity contribution in [2.24, 2.45) is 0 Å². The SMILES string of the molecule is CCC(C)N(C)c1cnc(C)cc1C(=O)O. The fourth-order valence-corrected chi connectivity index (χ4v) is 1.52. The minimum Gasteiger partial charge on any atom is -0.478 e. The highest BCUT2D eigenvalue weighted by atomic mass is 16.4. The Hall–Kier alpha value is -1.58. The number of hydrogen-bond donors (Lipinski definition) is 1. The fraction of sp³-hybridized carbons (Fsp3) is 0.500. The Kier molecular flexibility index (Phi) is 3.88. The van der Waals surface area contributed by atoms with Crippen molar-refractivity contribution in [3.63, 3.8) is 0 Å². The molecule has 0 aliphatic rings. The van der Waals surface area contributed by atoms with Gasteiger partial charge in [-0.05, 0) is 26.3 Å². The van der Waals surface area contributed by atoms with Crippen LogP contribution in [0.5, 0.6) is 0 Å². The van der Waals surface area contributed by atoms with Crippen LogP contribution in [-0.4, -0.2) is 29.1 Å². The first kappa shape index (κ1) is 12.5. The first-order valence-electron chi connectivity index (χ1n) is 5.40. The summed E-state index contributed by atoms with van der Waals surface area (Å²) in [5.74, 6) is -0.907. The quantitative estimate of drug-likeness (QED) is 0.849. The Balaban J connectivity index is 3.17. The third kappa shape index (κ3) is 2.51. The minimum absolute atomic E-state index is 0.294. The molecule has 0 saturated carbocycles. The summed E-state index contributed by atoms with van der Waals surface area (Å²) in [4.78, 5) is 17.2. The number of carboxylic acids is 1. The van der Waals surface area contributed by atoms with E-state index in [1.54, 1.807) is 19.2 Å². The Morgan fingerprint density at radius 3 is 2.75 bits per heavy atom. The van der Waals surface area contributed by atoms with Gasteiger partial charge in [0.25, 0.3) is 0 Å². The molecule has 1 rings (SSSR count). The predicted molar refractivity (Wildman–Crippen MR) is 64.1 cm³/mol. The molecular formula is C12H18N2O2. The van der Waals surface area contributed by atoms with E-state index in [2.05, 4.69) is 18.8 Å². The van der Waals surface area contributed by atoms with Crippen LogP contribution < -0.4 is 4.90 Å². The van der Waals surface area contributed by atoms with Crippen molar-refractivity contribution in [1.29, 1.82) is 0 Å². The van der Waals surface area contributed by atoms with E-state index in [0.717, 1.165) is 12.1 Å². The molecule has 0 bridgehead atoms. The third-order valence-corrected chi connectivity index (χ3v) is 2.88. The van der Waals surface area contributed by atoms with Crippen molar-refractivity contribution < 1.29 is 9.90 Å². The van der Waals surface area contributed by atoms with Crippen LogP contribution in [0.2, 0.25) is 0 Å². The van der Waals surface area contributed by atoms with Crippen LogP contribution in [0.15, 0.2) is 12.3 Å². The molecule has 1 N–H and O–H groups in total. The Bertz CT molecular complexity index is 391. The number of aromatic carboxylic acids is 1. The van der Waals surface area contributed by atoms with E-state index in [0.29, 0.717) is 17.3 Å². The molecule has 1 aromatic rings. The second-order valence-corrected chi connectivity index (χ2v) is 4.02. The van der Waals surface area contributed by atoms with Gasteiger partial charge in [0.05, 0.1) is 17.4 Å². The summed E-state index contributed by atoms with van der Waals surface area (Å²) < 4.78 is 0. The first-order valence-corrected chi connectivity index (χ1v) is 5.40. The van der Waals surface area contributed by atoms with Gasteiger partial charge in [0.2, 0.25) is 0 Å². The molecule has 1 atom stereocenters. The second-order valence-electron chi connectivity index (χ2n) is 4.02. The Morgan fingerprint density at radius 1 is 1.62 bits per heavy atom. The summed E-state index contributed by atoms with van der Waals surface area (Å²) in [7, 11) is 1.90. The smallest absolute Gasteiger partial charge is 0.337 e. The molecular weight excluding hydrogens is 204 g/mol. The lowest BCUT2D eigenvalue weighted by Gasteiger charge is -2.27. The van der Waals surface area contributed by atoms with Gasteiger partial charge < -0.3 is 10.0 Å². The van der Waals surface area contributed by atoms with E-state index in [1.165, 1.54) is 0 Å².